The van der Waals surface area contributed by atoms with Gasteiger partial charge in [0.05, 0.1) is 5.92 Å². The van der Waals surface area contributed by atoms with Crippen molar-refractivity contribution in [3.63, 3.8) is 0 Å². The molecule has 0 radical (unpaired) electrons. The molecule has 2 aliphatic rings. The number of fused-ring (bicyclic) bond motifs is 1. The van der Waals surface area contributed by atoms with Crippen LogP contribution in [0, 0.1) is 17.8 Å². The minimum atomic E-state index is -0.551. The van der Waals surface area contributed by atoms with Crippen LogP contribution in [0.2, 0.25) is 0 Å². The molecule has 0 amide bonds. The smallest absolute Gasteiger partial charge is 0.306 e. The van der Waals surface area contributed by atoms with E-state index >= 15 is 0 Å². The van der Waals surface area contributed by atoms with E-state index < -0.39 is 5.97 Å². The van der Waals surface area contributed by atoms with Gasteiger partial charge in [0, 0.05) is 0 Å². The van der Waals surface area contributed by atoms with Crippen molar-refractivity contribution in [3.05, 3.63) is 0 Å². The standard InChI is InChI=1S/C10H16O2/c11-10(12)9-6-5-7-3-1-2-4-8(7)9/h7-9H,1-6H2,(H,11,12). The maximum absolute atomic E-state index is 10.9. The van der Waals surface area contributed by atoms with Gasteiger partial charge in [-0.3, -0.25) is 4.79 Å². The average Bonchev–Trinajstić information content (AvgIpc) is 2.47. The van der Waals surface area contributed by atoms with Crippen molar-refractivity contribution in [2.75, 3.05) is 0 Å². The summed E-state index contributed by atoms with van der Waals surface area (Å²) in [4.78, 5) is 10.9. The maximum atomic E-state index is 10.9. The van der Waals surface area contributed by atoms with Gasteiger partial charge >= 0.3 is 5.97 Å². The Morgan fingerprint density at radius 3 is 2.58 bits per heavy atom. The van der Waals surface area contributed by atoms with E-state index in [1.807, 2.05) is 0 Å². The lowest BCUT2D eigenvalue weighted by atomic mass is 9.78. The number of hydrogen-bond acceptors (Lipinski definition) is 1. The van der Waals surface area contributed by atoms with Gasteiger partial charge in [0.2, 0.25) is 0 Å². The molecule has 2 saturated carbocycles. The van der Waals surface area contributed by atoms with Gasteiger partial charge in [-0.15, -0.1) is 0 Å². The van der Waals surface area contributed by atoms with Crippen LogP contribution in [0.4, 0.5) is 0 Å². The van der Waals surface area contributed by atoms with Crippen LogP contribution in [-0.2, 0) is 4.79 Å². The maximum Gasteiger partial charge on any atom is 0.306 e. The van der Waals surface area contributed by atoms with Gasteiger partial charge < -0.3 is 5.11 Å². The third-order valence-corrected chi connectivity index (χ3v) is 3.65. The van der Waals surface area contributed by atoms with Crippen LogP contribution >= 0.6 is 0 Å². The molecule has 0 aromatic carbocycles. The molecule has 2 rings (SSSR count). The number of hydrogen-bond donors (Lipinski definition) is 1. The minimum Gasteiger partial charge on any atom is -0.481 e. The van der Waals surface area contributed by atoms with Gasteiger partial charge in [0.15, 0.2) is 0 Å². The Hall–Kier alpha value is -0.530. The van der Waals surface area contributed by atoms with E-state index in [0.717, 1.165) is 12.3 Å². The van der Waals surface area contributed by atoms with Crippen molar-refractivity contribution in [2.24, 2.45) is 17.8 Å². The van der Waals surface area contributed by atoms with E-state index in [1.54, 1.807) is 0 Å². The Kier molecular flexibility index (Phi) is 2.07. The van der Waals surface area contributed by atoms with Gasteiger partial charge in [-0.25, -0.2) is 0 Å². The highest BCUT2D eigenvalue weighted by Crippen LogP contribution is 2.45. The molecule has 3 unspecified atom stereocenters. The Labute approximate surface area is 73.0 Å². The van der Waals surface area contributed by atoms with E-state index in [4.69, 9.17) is 5.11 Å². The quantitative estimate of drug-likeness (QED) is 0.652. The molecule has 12 heavy (non-hydrogen) atoms. The van der Waals surface area contributed by atoms with Gasteiger partial charge in [0.1, 0.15) is 0 Å². The molecule has 2 heteroatoms. The number of rotatable bonds is 1. The molecule has 1 N–H and O–H groups in total. The summed E-state index contributed by atoms with van der Waals surface area (Å²) >= 11 is 0. The first-order valence-corrected chi connectivity index (χ1v) is 5.02. The summed E-state index contributed by atoms with van der Waals surface area (Å²) < 4.78 is 0. The highest BCUT2D eigenvalue weighted by Gasteiger charge is 2.40. The summed E-state index contributed by atoms with van der Waals surface area (Å²) in [6, 6.07) is 0. The highest BCUT2D eigenvalue weighted by atomic mass is 16.4. The zero-order valence-electron chi connectivity index (χ0n) is 7.33. The number of carbonyl (C=O) groups is 1. The fourth-order valence-electron chi connectivity index (χ4n) is 3.04. The van der Waals surface area contributed by atoms with Crippen LogP contribution in [0.3, 0.4) is 0 Å². The third kappa shape index (κ3) is 1.23. The molecule has 0 aromatic rings. The van der Waals surface area contributed by atoms with Crippen molar-refractivity contribution < 1.29 is 9.90 Å². The largest absolute Gasteiger partial charge is 0.481 e. The molecule has 0 saturated heterocycles. The van der Waals surface area contributed by atoms with Crippen molar-refractivity contribution >= 4 is 5.97 Å². The molecule has 2 nitrogen and oxygen atoms in total. The van der Waals surface area contributed by atoms with Crippen LogP contribution in [0.5, 0.6) is 0 Å². The second-order valence-corrected chi connectivity index (χ2v) is 4.23. The molecule has 0 spiro atoms. The van der Waals surface area contributed by atoms with Gasteiger partial charge in [0.25, 0.3) is 0 Å². The summed E-state index contributed by atoms with van der Waals surface area (Å²) in [5, 5.41) is 8.95. The lowest BCUT2D eigenvalue weighted by Gasteiger charge is -2.27. The monoisotopic (exact) mass is 168 g/mol. The first-order chi connectivity index (χ1) is 5.79. The molecule has 0 bridgehead atoms. The highest BCUT2D eigenvalue weighted by molar-refractivity contribution is 5.70. The molecule has 2 fully saturated rings. The zero-order valence-corrected chi connectivity index (χ0v) is 7.33. The lowest BCUT2D eigenvalue weighted by molar-refractivity contribution is -0.143. The summed E-state index contributed by atoms with van der Waals surface area (Å²) in [6.45, 7) is 0. The molecular formula is C10H16O2. The van der Waals surface area contributed by atoms with E-state index in [0.29, 0.717) is 5.92 Å². The molecular weight excluding hydrogens is 152 g/mol. The van der Waals surface area contributed by atoms with Crippen molar-refractivity contribution in [3.8, 4) is 0 Å². The van der Waals surface area contributed by atoms with E-state index in [-0.39, 0.29) is 5.92 Å². The fraction of sp³-hybridized carbons (Fsp3) is 0.900. The van der Waals surface area contributed by atoms with Crippen molar-refractivity contribution in [1.29, 1.82) is 0 Å². The third-order valence-electron chi connectivity index (χ3n) is 3.65. The van der Waals surface area contributed by atoms with Crippen LogP contribution in [0.1, 0.15) is 38.5 Å². The predicted octanol–water partition coefficient (Wildman–Crippen LogP) is 2.29. The SMILES string of the molecule is O=C(O)C1CCC2CCCCC21. The van der Waals surface area contributed by atoms with E-state index in [2.05, 4.69) is 0 Å². The zero-order chi connectivity index (χ0) is 8.55. The second-order valence-electron chi connectivity index (χ2n) is 4.23. The van der Waals surface area contributed by atoms with Gasteiger partial charge in [-0.2, -0.15) is 0 Å². The van der Waals surface area contributed by atoms with Crippen LogP contribution < -0.4 is 0 Å². The van der Waals surface area contributed by atoms with Crippen molar-refractivity contribution in [2.45, 2.75) is 38.5 Å². The van der Waals surface area contributed by atoms with Gasteiger partial charge in [-0.05, 0) is 31.1 Å². The summed E-state index contributed by atoms with van der Waals surface area (Å²) in [5.74, 6) is 0.718. The topological polar surface area (TPSA) is 37.3 Å². The normalized spacial score (nSPS) is 40.8. The van der Waals surface area contributed by atoms with E-state index in [9.17, 15) is 4.79 Å². The molecule has 0 heterocycles. The Bertz CT molecular complexity index is 188. The number of carboxylic acids is 1. The van der Waals surface area contributed by atoms with Crippen LogP contribution in [0.25, 0.3) is 0 Å². The van der Waals surface area contributed by atoms with Crippen LogP contribution in [-0.4, -0.2) is 11.1 Å². The fourth-order valence-corrected chi connectivity index (χ4v) is 3.04. The Morgan fingerprint density at radius 1 is 1.08 bits per heavy atom. The van der Waals surface area contributed by atoms with Crippen LogP contribution in [0.15, 0.2) is 0 Å². The van der Waals surface area contributed by atoms with E-state index in [1.165, 1.54) is 32.1 Å². The molecule has 68 valence electrons. The number of carboxylic acid groups (broad SMARTS) is 1. The lowest BCUT2D eigenvalue weighted by Crippen LogP contribution is -2.24. The number of aliphatic carboxylic acids is 1. The summed E-state index contributed by atoms with van der Waals surface area (Å²) in [5.41, 5.74) is 0. The first kappa shape index (κ1) is 8.09. The summed E-state index contributed by atoms with van der Waals surface area (Å²) in [6.07, 6.45) is 7.14. The summed E-state index contributed by atoms with van der Waals surface area (Å²) in [7, 11) is 0. The molecule has 2 aliphatic carbocycles. The van der Waals surface area contributed by atoms with Gasteiger partial charge in [-0.1, -0.05) is 19.3 Å². The Balaban J connectivity index is 2.05. The van der Waals surface area contributed by atoms with Crippen molar-refractivity contribution in [1.82, 2.24) is 0 Å². The molecule has 0 aliphatic heterocycles. The second kappa shape index (κ2) is 3.08. The minimum absolute atomic E-state index is 0.00435. The predicted molar refractivity (Wildman–Crippen MR) is 45.8 cm³/mol. The molecule has 3 atom stereocenters. The average molecular weight is 168 g/mol. The Morgan fingerprint density at radius 2 is 1.83 bits per heavy atom. The molecule has 0 aromatic heterocycles. The first-order valence-electron chi connectivity index (χ1n) is 5.02.